The molecule has 10 heavy (non-hydrogen) atoms. The molecular weight excluding hydrogens is 128 g/mol. The van der Waals surface area contributed by atoms with Crippen LogP contribution in [-0.4, -0.2) is 15.0 Å². The van der Waals surface area contributed by atoms with Gasteiger partial charge in [-0.05, 0) is 0 Å². The van der Waals surface area contributed by atoms with Crippen molar-refractivity contribution in [3.8, 4) is 11.3 Å². The van der Waals surface area contributed by atoms with Crippen molar-refractivity contribution in [3.63, 3.8) is 0 Å². The van der Waals surface area contributed by atoms with E-state index in [0.717, 1.165) is 11.3 Å². The van der Waals surface area contributed by atoms with Gasteiger partial charge in [-0.3, -0.25) is 4.98 Å². The molecule has 0 bridgehead atoms. The van der Waals surface area contributed by atoms with Crippen molar-refractivity contribution in [2.24, 2.45) is 0 Å². The highest BCUT2D eigenvalue weighted by molar-refractivity contribution is 5.59. The van der Waals surface area contributed by atoms with Gasteiger partial charge in [-0.1, -0.05) is 0 Å². The Kier molecular flexibility index (Phi) is 0.887. The van der Waals surface area contributed by atoms with Crippen molar-refractivity contribution < 1.29 is 0 Å². The van der Waals surface area contributed by atoms with Gasteiger partial charge in [0.05, 0.1) is 11.9 Å². The second-order valence-electron chi connectivity index (χ2n) is 2.04. The fourth-order valence-corrected chi connectivity index (χ4v) is 0.853. The van der Waals surface area contributed by atoms with Crippen LogP contribution in [0.5, 0.6) is 0 Å². The molecule has 4 nitrogen and oxygen atoms in total. The minimum absolute atomic E-state index is 0.417. The summed E-state index contributed by atoms with van der Waals surface area (Å²) in [4.78, 5) is 10.7. The molecule has 0 aliphatic carbocycles. The topological polar surface area (TPSA) is 67.6 Å². The molecule has 0 amide bonds. The molecule has 0 fully saturated rings. The number of nitrogens with two attached hydrogens (primary N) is 1. The third kappa shape index (κ3) is 0.621. The summed E-state index contributed by atoms with van der Waals surface area (Å²) >= 11 is 0. The third-order valence-corrected chi connectivity index (χ3v) is 1.33. The van der Waals surface area contributed by atoms with Crippen LogP contribution < -0.4 is 5.73 Å². The smallest absolute Gasteiger partial charge is 0.197 e. The van der Waals surface area contributed by atoms with E-state index in [-0.39, 0.29) is 0 Å². The molecule has 0 aromatic carbocycles. The second kappa shape index (κ2) is 1.70. The molecule has 2 rings (SSSR count). The SMILES string of the molecule is Nc1ncc2cncc-2[nH]1. The van der Waals surface area contributed by atoms with Gasteiger partial charge in [0.2, 0.25) is 0 Å². The van der Waals surface area contributed by atoms with Crippen molar-refractivity contribution in [2.75, 3.05) is 5.73 Å². The molecule has 0 saturated carbocycles. The predicted octanol–water partition coefficient (Wildman–Crippen LogP) is 0.492. The Labute approximate surface area is 57.5 Å². The maximum absolute atomic E-state index is 5.39. The van der Waals surface area contributed by atoms with Gasteiger partial charge in [0.1, 0.15) is 0 Å². The quantitative estimate of drug-likeness (QED) is 0.551. The molecule has 0 unspecified atom stereocenters. The van der Waals surface area contributed by atoms with Crippen LogP contribution in [0.2, 0.25) is 0 Å². The van der Waals surface area contributed by atoms with Gasteiger partial charge >= 0.3 is 0 Å². The summed E-state index contributed by atoms with van der Waals surface area (Å²) in [5.41, 5.74) is 7.29. The lowest BCUT2D eigenvalue weighted by Crippen LogP contribution is -1.94. The monoisotopic (exact) mass is 134 g/mol. The summed E-state index contributed by atoms with van der Waals surface area (Å²) in [6.45, 7) is 0. The first kappa shape index (κ1) is 5.22. The van der Waals surface area contributed by atoms with Gasteiger partial charge in [0.15, 0.2) is 5.95 Å². The van der Waals surface area contributed by atoms with Crippen LogP contribution in [-0.2, 0) is 0 Å². The van der Waals surface area contributed by atoms with Crippen molar-refractivity contribution in [1.29, 1.82) is 0 Å². The Balaban J connectivity index is 2.75. The maximum atomic E-state index is 5.39. The number of nitrogen functional groups attached to an aromatic ring is 1. The molecule has 0 aromatic heterocycles. The zero-order chi connectivity index (χ0) is 6.97. The van der Waals surface area contributed by atoms with E-state index < -0.39 is 0 Å². The van der Waals surface area contributed by atoms with Crippen LogP contribution in [0.15, 0.2) is 18.6 Å². The van der Waals surface area contributed by atoms with Gasteiger partial charge in [0, 0.05) is 18.0 Å². The van der Waals surface area contributed by atoms with E-state index in [0.29, 0.717) is 5.95 Å². The average Bonchev–Trinajstić information content (AvgIpc) is 2.33. The number of hydrogen-bond donors (Lipinski definition) is 2. The van der Waals surface area contributed by atoms with Crippen molar-refractivity contribution in [3.05, 3.63) is 18.6 Å². The number of fused-ring (bicyclic) bond motifs is 1. The molecule has 50 valence electrons. The number of nitrogens with zero attached hydrogens (tertiary/aromatic N) is 2. The van der Waals surface area contributed by atoms with Gasteiger partial charge in [-0.2, -0.15) is 0 Å². The van der Waals surface area contributed by atoms with Crippen LogP contribution in [0.4, 0.5) is 5.95 Å². The fraction of sp³-hybridized carbons (Fsp3) is 0. The predicted molar refractivity (Wildman–Crippen MR) is 37.4 cm³/mol. The summed E-state index contributed by atoms with van der Waals surface area (Å²) in [6, 6.07) is 0. The average molecular weight is 134 g/mol. The number of hydrogen-bond acceptors (Lipinski definition) is 3. The third-order valence-electron chi connectivity index (χ3n) is 1.33. The highest BCUT2D eigenvalue weighted by Gasteiger charge is 2.01. The number of aromatic amines is 1. The summed E-state index contributed by atoms with van der Waals surface area (Å²) in [5.74, 6) is 0.417. The van der Waals surface area contributed by atoms with E-state index >= 15 is 0 Å². The highest BCUT2D eigenvalue weighted by atomic mass is 15.0. The highest BCUT2D eigenvalue weighted by Crippen LogP contribution is 2.16. The number of anilines is 1. The zero-order valence-corrected chi connectivity index (χ0v) is 5.20. The van der Waals surface area contributed by atoms with E-state index in [9.17, 15) is 0 Å². The number of rotatable bonds is 0. The minimum atomic E-state index is 0.417. The molecule has 0 spiro atoms. The summed E-state index contributed by atoms with van der Waals surface area (Å²) < 4.78 is 0. The van der Waals surface area contributed by atoms with E-state index in [1.807, 2.05) is 0 Å². The molecule has 2 heterocycles. The standard InChI is InChI=1S/C6H6N4/c7-6-9-2-4-1-8-3-5(4)10-6/h1-3H,(H3,7,9,10). The lowest BCUT2D eigenvalue weighted by molar-refractivity contribution is 1.19. The molecule has 0 aromatic rings. The zero-order valence-electron chi connectivity index (χ0n) is 5.20. The Bertz CT molecular complexity index is 314. The number of aromatic nitrogens is 3. The van der Waals surface area contributed by atoms with Crippen molar-refractivity contribution in [2.45, 2.75) is 0 Å². The summed E-state index contributed by atoms with van der Waals surface area (Å²) in [7, 11) is 0. The molecule has 3 N–H and O–H groups in total. The van der Waals surface area contributed by atoms with Gasteiger partial charge < -0.3 is 10.7 Å². The van der Waals surface area contributed by atoms with Gasteiger partial charge in [-0.15, -0.1) is 0 Å². The first-order valence-corrected chi connectivity index (χ1v) is 2.90. The maximum Gasteiger partial charge on any atom is 0.197 e. The van der Waals surface area contributed by atoms with Gasteiger partial charge in [0.25, 0.3) is 0 Å². The first-order valence-electron chi connectivity index (χ1n) is 2.90. The van der Waals surface area contributed by atoms with Crippen molar-refractivity contribution in [1.82, 2.24) is 15.0 Å². The van der Waals surface area contributed by atoms with Gasteiger partial charge in [-0.25, -0.2) is 4.98 Å². The van der Waals surface area contributed by atoms with E-state index in [4.69, 9.17) is 5.73 Å². The van der Waals surface area contributed by atoms with Crippen LogP contribution >= 0.6 is 0 Å². The van der Waals surface area contributed by atoms with Crippen LogP contribution in [0.25, 0.3) is 11.3 Å². The summed E-state index contributed by atoms with van der Waals surface area (Å²) in [5, 5.41) is 0. The lowest BCUT2D eigenvalue weighted by atomic mass is 10.3. The molecular formula is C6H6N4. The van der Waals surface area contributed by atoms with E-state index in [2.05, 4.69) is 15.0 Å². The molecule has 0 radical (unpaired) electrons. The molecule has 4 heteroatoms. The van der Waals surface area contributed by atoms with E-state index in [1.165, 1.54) is 0 Å². The fourth-order valence-electron chi connectivity index (χ4n) is 0.853. The molecule has 2 aliphatic heterocycles. The number of nitrogens with one attached hydrogen (secondary N) is 1. The lowest BCUT2D eigenvalue weighted by Gasteiger charge is -1.96. The van der Waals surface area contributed by atoms with Crippen molar-refractivity contribution >= 4 is 5.95 Å². The Morgan fingerprint density at radius 2 is 2.20 bits per heavy atom. The van der Waals surface area contributed by atoms with Crippen LogP contribution in [0.3, 0.4) is 0 Å². The second-order valence-corrected chi connectivity index (χ2v) is 2.04. The Morgan fingerprint density at radius 3 is 3.10 bits per heavy atom. The molecule has 0 atom stereocenters. The van der Waals surface area contributed by atoms with Crippen LogP contribution in [0, 0.1) is 0 Å². The largest absolute Gasteiger partial charge is 0.369 e. The first-order chi connectivity index (χ1) is 4.86. The Hall–Kier alpha value is -1.58. The van der Waals surface area contributed by atoms with E-state index in [1.54, 1.807) is 18.6 Å². The summed E-state index contributed by atoms with van der Waals surface area (Å²) in [6.07, 6.45) is 5.14. The van der Waals surface area contributed by atoms with Crippen LogP contribution in [0.1, 0.15) is 0 Å². The number of H-pyrrole nitrogens is 1. The molecule has 0 saturated heterocycles. The normalized spacial score (nSPS) is 10.4. The Morgan fingerprint density at radius 1 is 1.30 bits per heavy atom. The minimum Gasteiger partial charge on any atom is -0.369 e. The molecule has 2 aliphatic rings.